The summed E-state index contributed by atoms with van der Waals surface area (Å²) in [5.74, 6) is 0.906. The van der Waals surface area contributed by atoms with Gasteiger partial charge in [0, 0.05) is 29.6 Å². The van der Waals surface area contributed by atoms with Gasteiger partial charge in [-0.2, -0.15) is 0 Å². The molecular weight excluding hydrogens is 278 g/mol. The van der Waals surface area contributed by atoms with Gasteiger partial charge in [-0.3, -0.25) is 4.79 Å². The second kappa shape index (κ2) is 6.46. The summed E-state index contributed by atoms with van der Waals surface area (Å²) in [6.45, 7) is 3.11. The second-order valence-corrected chi connectivity index (χ2v) is 5.70. The summed E-state index contributed by atoms with van der Waals surface area (Å²) >= 11 is 5.97. The lowest BCUT2D eigenvalue weighted by Gasteiger charge is -2.18. The highest BCUT2D eigenvalue weighted by molar-refractivity contribution is 6.30. The summed E-state index contributed by atoms with van der Waals surface area (Å²) in [7, 11) is 1.58. The molecule has 5 heteroatoms. The van der Waals surface area contributed by atoms with Gasteiger partial charge in [0.1, 0.15) is 5.75 Å². The van der Waals surface area contributed by atoms with Crippen LogP contribution in [-0.2, 0) is 11.2 Å². The van der Waals surface area contributed by atoms with E-state index in [2.05, 4.69) is 0 Å². The molecule has 0 aromatic heterocycles. The Balaban J connectivity index is 2.03. The summed E-state index contributed by atoms with van der Waals surface area (Å²) in [6, 6.07) is 5.28. The summed E-state index contributed by atoms with van der Waals surface area (Å²) in [4.78, 5) is 14.1. The van der Waals surface area contributed by atoms with Crippen LogP contribution in [-0.4, -0.2) is 42.2 Å². The molecule has 4 nitrogen and oxygen atoms in total. The number of amides is 1. The lowest BCUT2D eigenvalue weighted by Crippen LogP contribution is -2.31. The van der Waals surface area contributed by atoms with Crippen molar-refractivity contribution in [3.05, 3.63) is 28.8 Å². The van der Waals surface area contributed by atoms with Gasteiger partial charge in [-0.15, -0.1) is 0 Å². The first-order valence-electron chi connectivity index (χ1n) is 6.79. The standard InChI is InChI=1S/C15H20ClNO3/c1-10(18)11-5-6-17(9-11)15(19)8-12-7-13(16)3-4-14(12)20-2/h3-4,7,10-11,18H,5-6,8-9H2,1-2H3. The number of halogens is 1. The highest BCUT2D eigenvalue weighted by Gasteiger charge is 2.29. The van der Waals surface area contributed by atoms with Crippen molar-refractivity contribution >= 4 is 17.5 Å². The van der Waals surface area contributed by atoms with E-state index in [1.165, 1.54) is 0 Å². The van der Waals surface area contributed by atoms with Crippen LogP contribution in [0.15, 0.2) is 18.2 Å². The second-order valence-electron chi connectivity index (χ2n) is 5.26. The molecule has 1 aliphatic heterocycles. The third-order valence-electron chi connectivity index (χ3n) is 3.84. The SMILES string of the molecule is COc1ccc(Cl)cc1CC(=O)N1CCC(C(C)O)C1. The molecule has 0 radical (unpaired) electrons. The fourth-order valence-electron chi connectivity index (χ4n) is 2.57. The largest absolute Gasteiger partial charge is 0.496 e. The van der Waals surface area contributed by atoms with Crippen molar-refractivity contribution < 1.29 is 14.6 Å². The van der Waals surface area contributed by atoms with Crippen LogP contribution in [0.4, 0.5) is 0 Å². The Morgan fingerprint density at radius 1 is 1.60 bits per heavy atom. The number of likely N-dealkylation sites (tertiary alicyclic amines) is 1. The van der Waals surface area contributed by atoms with Crippen LogP contribution in [0.5, 0.6) is 5.75 Å². The molecule has 20 heavy (non-hydrogen) atoms. The zero-order chi connectivity index (χ0) is 14.7. The van der Waals surface area contributed by atoms with E-state index in [1.807, 2.05) is 0 Å². The molecule has 2 unspecified atom stereocenters. The van der Waals surface area contributed by atoms with E-state index in [0.717, 1.165) is 12.0 Å². The molecule has 0 aliphatic carbocycles. The van der Waals surface area contributed by atoms with Crippen molar-refractivity contribution in [3.8, 4) is 5.75 Å². The molecule has 1 aromatic rings. The minimum absolute atomic E-state index is 0.0497. The Bertz CT molecular complexity index is 490. The molecule has 0 saturated carbocycles. The number of aliphatic hydroxyl groups is 1. The molecule has 2 atom stereocenters. The molecule has 1 amide bonds. The first-order valence-corrected chi connectivity index (χ1v) is 7.17. The van der Waals surface area contributed by atoms with Crippen molar-refractivity contribution in [1.29, 1.82) is 0 Å². The van der Waals surface area contributed by atoms with Crippen molar-refractivity contribution in [2.24, 2.45) is 5.92 Å². The molecular formula is C15H20ClNO3. The Kier molecular flexibility index (Phi) is 4.89. The third kappa shape index (κ3) is 3.44. The van der Waals surface area contributed by atoms with Gasteiger partial charge in [0.25, 0.3) is 0 Å². The molecule has 0 bridgehead atoms. The summed E-state index contributed by atoms with van der Waals surface area (Å²) < 4.78 is 5.25. The first-order chi connectivity index (χ1) is 9.51. The number of aliphatic hydroxyl groups excluding tert-OH is 1. The van der Waals surface area contributed by atoms with E-state index in [9.17, 15) is 9.90 Å². The zero-order valence-electron chi connectivity index (χ0n) is 11.8. The normalized spacial score (nSPS) is 20.0. The molecule has 1 fully saturated rings. The fourth-order valence-corrected chi connectivity index (χ4v) is 2.76. The fraction of sp³-hybridized carbons (Fsp3) is 0.533. The van der Waals surface area contributed by atoms with Gasteiger partial charge < -0.3 is 14.7 Å². The highest BCUT2D eigenvalue weighted by Crippen LogP contribution is 2.25. The maximum atomic E-state index is 12.3. The average Bonchev–Trinajstić information content (AvgIpc) is 2.89. The van der Waals surface area contributed by atoms with Crippen LogP contribution in [0.1, 0.15) is 18.9 Å². The van der Waals surface area contributed by atoms with Gasteiger partial charge >= 0.3 is 0 Å². The summed E-state index contributed by atoms with van der Waals surface area (Å²) in [5, 5.41) is 10.2. The number of hydrogen-bond acceptors (Lipinski definition) is 3. The quantitative estimate of drug-likeness (QED) is 0.926. The van der Waals surface area contributed by atoms with Crippen molar-refractivity contribution in [2.75, 3.05) is 20.2 Å². The predicted molar refractivity (Wildman–Crippen MR) is 78.1 cm³/mol. The molecule has 0 spiro atoms. The number of rotatable bonds is 4. The first kappa shape index (κ1) is 15.1. The molecule has 1 heterocycles. The van der Waals surface area contributed by atoms with Crippen LogP contribution in [0.3, 0.4) is 0 Å². The van der Waals surface area contributed by atoms with E-state index in [-0.39, 0.29) is 24.3 Å². The van der Waals surface area contributed by atoms with Crippen molar-refractivity contribution in [3.63, 3.8) is 0 Å². The number of benzene rings is 1. The van der Waals surface area contributed by atoms with E-state index in [4.69, 9.17) is 16.3 Å². The zero-order valence-corrected chi connectivity index (χ0v) is 12.6. The highest BCUT2D eigenvalue weighted by atomic mass is 35.5. The molecule has 1 aliphatic rings. The molecule has 110 valence electrons. The predicted octanol–water partition coefficient (Wildman–Crippen LogP) is 2.12. The number of methoxy groups -OCH3 is 1. The molecule has 1 N–H and O–H groups in total. The summed E-state index contributed by atoms with van der Waals surface area (Å²) in [5.41, 5.74) is 0.797. The summed E-state index contributed by atoms with van der Waals surface area (Å²) in [6.07, 6.45) is 0.764. The number of carbonyl (C=O) groups excluding carboxylic acids is 1. The minimum Gasteiger partial charge on any atom is -0.496 e. The van der Waals surface area contributed by atoms with Gasteiger partial charge in [0.2, 0.25) is 5.91 Å². The molecule has 1 aromatic carbocycles. The third-order valence-corrected chi connectivity index (χ3v) is 4.08. The Labute approximate surface area is 124 Å². The smallest absolute Gasteiger partial charge is 0.227 e. The lowest BCUT2D eigenvalue weighted by molar-refractivity contribution is -0.129. The number of carbonyl (C=O) groups is 1. The van der Waals surface area contributed by atoms with Crippen LogP contribution < -0.4 is 4.74 Å². The van der Waals surface area contributed by atoms with E-state index >= 15 is 0 Å². The maximum Gasteiger partial charge on any atom is 0.227 e. The van der Waals surface area contributed by atoms with Gasteiger partial charge in [-0.25, -0.2) is 0 Å². The molecule has 2 rings (SSSR count). The minimum atomic E-state index is -0.367. The maximum absolute atomic E-state index is 12.3. The van der Waals surface area contributed by atoms with Gasteiger partial charge in [0.05, 0.1) is 19.6 Å². The number of nitrogens with zero attached hydrogens (tertiary/aromatic N) is 1. The number of ether oxygens (including phenoxy) is 1. The Morgan fingerprint density at radius 3 is 2.95 bits per heavy atom. The van der Waals surface area contributed by atoms with Crippen molar-refractivity contribution in [2.45, 2.75) is 25.9 Å². The number of hydrogen-bond donors (Lipinski definition) is 1. The van der Waals surface area contributed by atoms with Gasteiger partial charge in [-0.05, 0) is 31.5 Å². The van der Waals surface area contributed by atoms with Crippen LogP contribution >= 0.6 is 11.6 Å². The Morgan fingerprint density at radius 2 is 2.35 bits per heavy atom. The van der Waals surface area contributed by atoms with Crippen LogP contribution in [0.2, 0.25) is 5.02 Å². The monoisotopic (exact) mass is 297 g/mol. The van der Waals surface area contributed by atoms with Gasteiger partial charge in [0.15, 0.2) is 0 Å². The average molecular weight is 298 g/mol. The van der Waals surface area contributed by atoms with Crippen LogP contribution in [0.25, 0.3) is 0 Å². The molecule has 1 saturated heterocycles. The van der Waals surface area contributed by atoms with E-state index < -0.39 is 0 Å². The topological polar surface area (TPSA) is 49.8 Å². The van der Waals surface area contributed by atoms with Gasteiger partial charge in [-0.1, -0.05) is 11.6 Å². The lowest BCUT2D eigenvalue weighted by atomic mass is 10.0. The van der Waals surface area contributed by atoms with E-state index in [1.54, 1.807) is 37.1 Å². The van der Waals surface area contributed by atoms with Crippen molar-refractivity contribution in [1.82, 2.24) is 4.90 Å². The Hall–Kier alpha value is -1.26. The van der Waals surface area contributed by atoms with E-state index in [0.29, 0.717) is 23.9 Å². The van der Waals surface area contributed by atoms with Crippen LogP contribution in [0, 0.1) is 5.92 Å².